The molecule has 2 rings (SSSR count). The van der Waals surface area contributed by atoms with Crippen LogP contribution >= 0.6 is 0 Å². The molecular formula is C13H15NO2. The molecule has 0 fully saturated rings. The van der Waals surface area contributed by atoms with Gasteiger partial charge in [0.15, 0.2) is 11.9 Å². The Kier molecular flexibility index (Phi) is 3.04. The Morgan fingerprint density at radius 1 is 1.31 bits per heavy atom. The van der Waals surface area contributed by atoms with Gasteiger partial charge >= 0.3 is 5.97 Å². The molecule has 0 radical (unpaired) electrons. The van der Waals surface area contributed by atoms with Crippen LogP contribution in [-0.4, -0.2) is 17.9 Å². The van der Waals surface area contributed by atoms with Crippen molar-refractivity contribution in [3.63, 3.8) is 0 Å². The molecule has 84 valence electrons. The number of hydrogen-bond donors (Lipinski definition) is 0. The number of esters is 1. The summed E-state index contributed by atoms with van der Waals surface area (Å²) >= 11 is 0. The minimum atomic E-state index is -0.361. The summed E-state index contributed by atoms with van der Waals surface area (Å²) in [5.41, 5.74) is 1.11. The predicted octanol–water partition coefficient (Wildman–Crippen LogP) is 2.21. The lowest BCUT2D eigenvalue weighted by Crippen LogP contribution is -2.18. The van der Waals surface area contributed by atoms with Gasteiger partial charge in [0.2, 0.25) is 0 Å². The van der Waals surface area contributed by atoms with Crippen molar-refractivity contribution in [2.75, 3.05) is 0 Å². The largest absolute Gasteiger partial charge is 0.410 e. The van der Waals surface area contributed by atoms with E-state index in [-0.39, 0.29) is 17.9 Å². The van der Waals surface area contributed by atoms with Crippen LogP contribution in [0.3, 0.4) is 0 Å². The van der Waals surface area contributed by atoms with E-state index in [9.17, 15) is 4.79 Å². The highest BCUT2D eigenvalue weighted by molar-refractivity contribution is 5.98. The fraction of sp³-hybridized carbons (Fsp3) is 0.385. The first-order chi connectivity index (χ1) is 7.66. The second-order valence-corrected chi connectivity index (χ2v) is 4.25. The lowest BCUT2D eigenvalue weighted by Gasteiger charge is -2.02. The number of carbonyl (C=O) groups excluding carboxylic acids is 1. The standard InChI is InChI=1S/C13H15NO2/c1-9(2)12-14-11(13(15)16-12)8-10-6-4-3-5-7-10/h3-7,9,11H,8H2,1-2H3. The minimum Gasteiger partial charge on any atom is -0.410 e. The van der Waals surface area contributed by atoms with E-state index >= 15 is 0 Å². The maximum Gasteiger partial charge on any atom is 0.337 e. The number of carbonyl (C=O) groups is 1. The monoisotopic (exact) mass is 217 g/mol. The lowest BCUT2D eigenvalue weighted by atomic mass is 10.1. The van der Waals surface area contributed by atoms with Crippen molar-refractivity contribution in [2.24, 2.45) is 10.9 Å². The van der Waals surface area contributed by atoms with Crippen molar-refractivity contribution in [3.8, 4) is 0 Å². The summed E-state index contributed by atoms with van der Waals surface area (Å²) in [4.78, 5) is 15.9. The molecule has 0 saturated heterocycles. The summed E-state index contributed by atoms with van der Waals surface area (Å²) in [6, 6.07) is 9.51. The number of benzene rings is 1. The normalized spacial score (nSPS) is 19.8. The summed E-state index contributed by atoms with van der Waals surface area (Å²) in [6.45, 7) is 3.94. The van der Waals surface area contributed by atoms with E-state index in [2.05, 4.69) is 4.99 Å². The van der Waals surface area contributed by atoms with Gasteiger partial charge in [-0.05, 0) is 5.56 Å². The van der Waals surface area contributed by atoms with Crippen molar-refractivity contribution in [2.45, 2.75) is 26.3 Å². The van der Waals surface area contributed by atoms with Crippen molar-refractivity contribution in [1.29, 1.82) is 0 Å². The van der Waals surface area contributed by atoms with Gasteiger partial charge in [-0.3, -0.25) is 0 Å². The van der Waals surface area contributed by atoms with Gasteiger partial charge in [-0.2, -0.15) is 0 Å². The molecule has 0 N–H and O–H groups in total. The van der Waals surface area contributed by atoms with Gasteiger partial charge in [-0.15, -0.1) is 0 Å². The maximum atomic E-state index is 11.6. The summed E-state index contributed by atoms with van der Waals surface area (Å²) < 4.78 is 5.12. The predicted molar refractivity (Wildman–Crippen MR) is 62.3 cm³/mol. The summed E-state index contributed by atoms with van der Waals surface area (Å²) in [7, 11) is 0. The van der Waals surface area contributed by atoms with Crippen LogP contribution in [0.25, 0.3) is 0 Å². The van der Waals surface area contributed by atoms with Crippen LogP contribution in [0.4, 0.5) is 0 Å². The van der Waals surface area contributed by atoms with Gasteiger partial charge in [0, 0.05) is 12.3 Å². The zero-order valence-corrected chi connectivity index (χ0v) is 9.51. The highest BCUT2D eigenvalue weighted by Crippen LogP contribution is 2.16. The van der Waals surface area contributed by atoms with Crippen molar-refractivity contribution in [3.05, 3.63) is 35.9 Å². The molecule has 0 aromatic heterocycles. The highest BCUT2D eigenvalue weighted by Gasteiger charge is 2.30. The average molecular weight is 217 g/mol. The molecule has 1 aromatic carbocycles. The Bertz CT molecular complexity index is 409. The molecule has 0 bridgehead atoms. The lowest BCUT2D eigenvalue weighted by molar-refractivity contribution is -0.135. The van der Waals surface area contributed by atoms with E-state index in [1.165, 1.54) is 0 Å². The van der Waals surface area contributed by atoms with Gasteiger partial charge in [0.25, 0.3) is 0 Å². The molecule has 1 aromatic rings. The van der Waals surface area contributed by atoms with Crippen molar-refractivity contribution < 1.29 is 9.53 Å². The SMILES string of the molecule is CC(C)C1=NC(Cc2ccccc2)C(=O)O1. The van der Waals surface area contributed by atoms with Gasteiger partial charge in [0.1, 0.15) is 0 Å². The van der Waals surface area contributed by atoms with E-state index in [1.54, 1.807) is 0 Å². The Balaban J connectivity index is 2.09. The van der Waals surface area contributed by atoms with E-state index in [4.69, 9.17) is 4.74 Å². The Hall–Kier alpha value is -1.64. The number of aliphatic imine (C=N–C) groups is 1. The summed E-state index contributed by atoms with van der Waals surface area (Å²) in [5.74, 6) is 0.503. The third-order valence-electron chi connectivity index (χ3n) is 2.53. The van der Waals surface area contributed by atoms with Crippen LogP contribution < -0.4 is 0 Å². The molecule has 0 spiro atoms. The number of nitrogens with zero attached hydrogens (tertiary/aromatic N) is 1. The van der Waals surface area contributed by atoms with Crippen LogP contribution in [0.1, 0.15) is 19.4 Å². The van der Waals surface area contributed by atoms with Gasteiger partial charge < -0.3 is 4.74 Å². The fourth-order valence-corrected chi connectivity index (χ4v) is 1.64. The molecule has 16 heavy (non-hydrogen) atoms. The molecular weight excluding hydrogens is 202 g/mol. The number of rotatable bonds is 3. The van der Waals surface area contributed by atoms with Gasteiger partial charge in [0.05, 0.1) is 0 Å². The first kappa shape index (κ1) is 10.9. The molecule has 0 aliphatic carbocycles. The third kappa shape index (κ3) is 2.30. The molecule has 1 atom stereocenters. The van der Waals surface area contributed by atoms with Crippen molar-refractivity contribution in [1.82, 2.24) is 0 Å². The average Bonchev–Trinajstić information content (AvgIpc) is 2.62. The molecule has 1 aliphatic heterocycles. The first-order valence-electron chi connectivity index (χ1n) is 5.50. The Morgan fingerprint density at radius 2 is 2.00 bits per heavy atom. The second kappa shape index (κ2) is 4.47. The molecule has 1 aliphatic rings. The summed E-state index contributed by atoms with van der Waals surface area (Å²) in [6.07, 6.45) is 0.621. The van der Waals surface area contributed by atoms with Gasteiger partial charge in [-0.1, -0.05) is 44.2 Å². The third-order valence-corrected chi connectivity index (χ3v) is 2.53. The minimum absolute atomic E-state index is 0.171. The second-order valence-electron chi connectivity index (χ2n) is 4.25. The Morgan fingerprint density at radius 3 is 2.56 bits per heavy atom. The fourth-order valence-electron chi connectivity index (χ4n) is 1.64. The Labute approximate surface area is 95.2 Å². The molecule has 3 nitrogen and oxygen atoms in total. The first-order valence-corrected chi connectivity index (χ1v) is 5.50. The quantitative estimate of drug-likeness (QED) is 0.728. The van der Waals surface area contributed by atoms with Crippen LogP contribution in [0.15, 0.2) is 35.3 Å². The van der Waals surface area contributed by atoms with Crippen LogP contribution in [0.5, 0.6) is 0 Å². The molecule has 3 heteroatoms. The van der Waals surface area contributed by atoms with E-state index in [1.807, 2.05) is 44.2 Å². The molecule has 1 heterocycles. The number of ether oxygens (including phenoxy) is 1. The summed E-state index contributed by atoms with van der Waals surface area (Å²) in [5, 5.41) is 0. The zero-order chi connectivity index (χ0) is 11.5. The molecule has 0 saturated carbocycles. The van der Waals surface area contributed by atoms with Crippen molar-refractivity contribution >= 4 is 11.9 Å². The zero-order valence-electron chi connectivity index (χ0n) is 9.51. The van der Waals surface area contributed by atoms with E-state index in [0.717, 1.165) is 5.56 Å². The van der Waals surface area contributed by atoms with Crippen LogP contribution in [0.2, 0.25) is 0 Å². The van der Waals surface area contributed by atoms with Crippen LogP contribution in [0, 0.1) is 5.92 Å². The number of cyclic esters (lactones) is 1. The smallest absolute Gasteiger partial charge is 0.337 e. The van der Waals surface area contributed by atoms with E-state index < -0.39 is 0 Å². The maximum absolute atomic E-state index is 11.6. The van der Waals surface area contributed by atoms with Gasteiger partial charge in [-0.25, -0.2) is 9.79 Å². The molecule has 1 unspecified atom stereocenters. The number of hydrogen-bond acceptors (Lipinski definition) is 3. The highest BCUT2D eigenvalue weighted by atomic mass is 16.6. The van der Waals surface area contributed by atoms with Crippen LogP contribution in [-0.2, 0) is 16.0 Å². The topological polar surface area (TPSA) is 38.7 Å². The molecule has 0 amide bonds. The van der Waals surface area contributed by atoms with E-state index in [0.29, 0.717) is 12.3 Å².